The van der Waals surface area contributed by atoms with Crippen molar-refractivity contribution < 1.29 is 4.39 Å². The predicted octanol–water partition coefficient (Wildman–Crippen LogP) is 2.69. The number of nitrogens with zero attached hydrogens (tertiary/aromatic N) is 1. The van der Waals surface area contributed by atoms with Gasteiger partial charge in [0.15, 0.2) is 0 Å². The third-order valence-electron chi connectivity index (χ3n) is 3.69. The van der Waals surface area contributed by atoms with E-state index in [4.69, 9.17) is 18.0 Å². The van der Waals surface area contributed by atoms with Crippen molar-refractivity contribution in [1.82, 2.24) is 4.90 Å². The molecule has 0 saturated carbocycles. The van der Waals surface area contributed by atoms with Crippen LogP contribution in [-0.2, 0) is 6.54 Å². The van der Waals surface area contributed by atoms with E-state index in [-0.39, 0.29) is 10.8 Å². The lowest BCUT2D eigenvalue weighted by Gasteiger charge is -2.17. The van der Waals surface area contributed by atoms with Gasteiger partial charge in [-0.05, 0) is 24.9 Å². The minimum absolute atomic E-state index is 0.127. The maximum absolute atomic E-state index is 14.2. The average Bonchev–Trinajstić information content (AvgIpc) is 2.79. The van der Waals surface area contributed by atoms with Crippen molar-refractivity contribution in [2.45, 2.75) is 26.3 Å². The molecule has 0 bridgehead atoms. The molecule has 1 unspecified atom stereocenters. The third-order valence-corrected chi connectivity index (χ3v) is 3.91. The van der Waals surface area contributed by atoms with E-state index in [0.717, 1.165) is 19.0 Å². The Morgan fingerprint density at radius 3 is 2.94 bits per heavy atom. The van der Waals surface area contributed by atoms with E-state index in [1.165, 1.54) is 12.8 Å². The van der Waals surface area contributed by atoms with Gasteiger partial charge < -0.3 is 5.73 Å². The zero-order chi connectivity index (χ0) is 13.1. The van der Waals surface area contributed by atoms with Crippen molar-refractivity contribution in [3.05, 3.63) is 35.1 Å². The number of nitrogens with two attached hydrogens (primary N) is 1. The highest BCUT2D eigenvalue weighted by Crippen LogP contribution is 2.22. The molecule has 0 spiro atoms. The predicted molar refractivity (Wildman–Crippen MR) is 76.0 cm³/mol. The zero-order valence-electron chi connectivity index (χ0n) is 10.7. The Morgan fingerprint density at radius 2 is 2.33 bits per heavy atom. The van der Waals surface area contributed by atoms with E-state index < -0.39 is 0 Å². The molecular formula is C14H19FN2S. The summed E-state index contributed by atoms with van der Waals surface area (Å²) in [5.41, 5.74) is 6.56. The molecule has 0 aromatic heterocycles. The number of likely N-dealkylation sites (tertiary alicyclic amines) is 1. The van der Waals surface area contributed by atoms with Crippen LogP contribution in [-0.4, -0.2) is 23.0 Å². The first-order valence-corrected chi connectivity index (χ1v) is 6.82. The molecule has 4 heteroatoms. The summed E-state index contributed by atoms with van der Waals surface area (Å²) in [5.74, 6) is 0.497. The molecule has 1 aromatic rings. The van der Waals surface area contributed by atoms with Crippen LogP contribution in [0.2, 0.25) is 0 Å². The smallest absolute Gasteiger partial charge is 0.137 e. The largest absolute Gasteiger partial charge is 0.389 e. The summed E-state index contributed by atoms with van der Waals surface area (Å²) in [4.78, 5) is 2.43. The van der Waals surface area contributed by atoms with Gasteiger partial charge in [0.2, 0.25) is 0 Å². The van der Waals surface area contributed by atoms with E-state index >= 15 is 0 Å². The summed E-state index contributed by atoms with van der Waals surface area (Å²) < 4.78 is 14.2. The number of thiocarbonyl (C=S) groups is 1. The topological polar surface area (TPSA) is 29.3 Å². The minimum Gasteiger partial charge on any atom is -0.389 e. The standard InChI is InChI=1S/C14H19FN2S/c1-2-10-6-7-17(8-10)9-11-4-3-5-12(13(11)15)14(16)18/h3-5,10H,2,6-9H2,1H3,(H2,16,18). The van der Waals surface area contributed by atoms with Gasteiger partial charge in [-0.3, -0.25) is 4.90 Å². The van der Waals surface area contributed by atoms with E-state index in [9.17, 15) is 4.39 Å². The van der Waals surface area contributed by atoms with E-state index in [1.807, 2.05) is 12.1 Å². The first-order chi connectivity index (χ1) is 8.61. The van der Waals surface area contributed by atoms with Crippen LogP contribution < -0.4 is 5.73 Å². The second-order valence-corrected chi connectivity index (χ2v) is 5.38. The monoisotopic (exact) mass is 266 g/mol. The fourth-order valence-electron chi connectivity index (χ4n) is 2.52. The van der Waals surface area contributed by atoms with Crippen molar-refractivity contribution >= 4 is 17.2 Å². The highest BCUT2D eigenvalue weighted by Gasteiger charge is 2.22. The van der Waals surface area contributed by atoms with Crippen LogP contribution in [0.15, 0.2) is 18.2 Å². The summed E-state index contributed by atoms with van der Waals surface area (Å²) in [6, 6.07) is 5.27. The Balaban J connectivity index is 2.10. The van der Waals surface area contributed by atoms with Crippen LogP contribution in [0.5, 0.6) is 0 Å². The van der Waals surface area contributed by atoms with E-state index in [2.05, 4.69) is 11.8 Å². The third kappa shape index (κ3) is 2.87. The Kier molecular flexibility index (Phi) is 4.30. The Bertz CT molecular complexity index is 447. The van der Waals surface area contributed by atoms with Crippen molar-refractivity contribution in [3.63, 3.8) is 0 Å². The first-order valence-electron chi connectivity index (χ1n) is 6.41. The van der Waals surface area contributed by atoms with Crippen LogP contribution in [0.25, 0.3) is 0 Å². The molecular weight excluding hydrogens is 247 g/mol. The van der Waals surface area contributed by atoms with Crippen LogP contribution in [0.3, 0.4) is 0 Å². The molecule has 1 aliphatic rings. The fraction of sp³-hybridized carbons (Fsp3) is 0.500. The number of halogens is 1. The van der Waals surface area contributed by atoms with Crippen LogP contribution in [0.1, 0.15) is 30.9 Å². The van der Waals surface area contributed by atoms with Crippen molar-refractivity contribution in [3.8, 4) is 0 Å². The lowest BCUT2D eigenvalue weighted by atomic mass is 10.1. The number of benzene rings is 1. The van der Waals surface area contributed by atoms with Crippen LogP contribution >= 0.6 is 12.2 Å². The fourth-order valence-corrected chi connectivity index (χ4v) is 2.68. The highest BCUT2D eigenvalue weighted by molar-refractivity contribution is 7.80. The molecule has 1 aliphatic heterocycles. The first kappa shape index (κ1) is 13.4. The number of hydrogen-bond donors (Lipinski definition) is 1. The molecule has 98 valence electrons. The van der Waals surface area contributed by atoms with Crippen LogP contribution in [0.4, 0.5) is 4.39 Å². The maximum Gasteiger partial charge on any atom is 0.137 e. The summed E-state index contributed by atoms with van der Waals surface area (Å²) in [6.07, 6.45) is 2.42. The van der Waals surface area contributed by atoms with Crippen molar-refractivity contribution in [2.75, 3.05) is 13.1 Å². The SMILES string of the molecule is CCC1CCN(Cc2cccc(C(N)=S)c2F)C1. The molecule has 0 radical (unpaired) electrons. The average molecular weight is 266 g/mol. The molecule has 18 heavy (non-hydrogen) atoms. The molecule has 1 atom stereocenters. The zero-order valence-corrected chi connectivity index (χ0v) is 11.5. The molecule has 2 nitrogen and oxygen atoms in total. The number of hydrogen-bond acceptors (Lipinski definition) is 2. The van der Waals surface area contributed by atoms with Gasteiger partial charge in [-0.15, -0.1) is 0 Å². The molecule has 0 aliphatic carbocycles. The Labute approximate surface area is 113 Å². The second-order valence-electron chi connectivity index (χ2n) is 4.94. The molecule has 1 heterocycles. The van der Waals surface area contributed by atoms with Gasteiger partial charge in [0.25, 0.3) is 0 Å². The summed E-state index contributed by atoms with van der Waals surface area (Å²) in [5, 5.41) is 0. The maximum atomic E-state index is 14.2. The van der Waals surface area contributed by atoms with E-state index in [0.29, 0.717) is 17.7 Å². The molecule has 2 N–H and O–H groups in total. The van der Waals surface area contributed by atoms with E-state index in [1.54, 1.807) is 6.07 Å². The summed E-state index contributed by atoms with van der Waals surface area (Å²) >= 11 is 4.85. The lowest BCUT2D eigenvalue weighted by molar-refractivity contribution is 0.310. The quantitative estimate of drug-likeness (QED) is 0.850. The van der Waals surface area contributed by atoms with Crippen molar-refractivity contribution in [1.29, 1.82) is 0 Å². The van der Waals surface area contributed by atoms with Gasteiger partial charge in [-0.2, -0.15) is 0 Å². The lowest BCUT2D eigenvalue weighted by Crippen LogP contribution is -2.22. The normalized spacial score (nSPS) is 20.2. The summed E-state index contributed by atoms with van der Waals surface area (Å²) in [6.45, 7) is 4.98. The molecule has 0 amide bonds. The van der Waals surface area contributed by atoms with Gasteiger partial charge >= 0.3 is 0 Å². The van der Waals surface area contributed by atoms with Crippen molar-refractivity contribution in [2.24, 2.45) is 11.7 Å². The van der Waals surface area contributed by atoms with Gasteiger partial charge in [-0.25, -0.2) is 4.39 Å². The van der Waals surface area contributed by atoms with Crippen LogP contribution in [0, 0.1) is 11.7 Å². The second kappa shape index (κ2) is 5.76. The number of rotatable bonds is 4. The molecule has 1 aromatic carbocycles. The summed E-state index contributed by atoms with van der Waals surface area (Å²) in [7, 11) is 0. The Morgan fingerprint density at radius 1 is 1.56 bits per heavy atom. The highest BCUT2D eigenvalue weighted by atomic mass is 32.1. The van der Waals surface area contributed by atoms with Gasteiger partial charge in [0.1, 0.15) is 10.8 Å². The van der Waals surface area contributed by atoms with Gasteiger partial charge in [0, 0.05) is 24.2 Å². The molecule has 2 rings (SSSR count). The molecule has 1 saturated heterocycles. The van der Waals surface area contributed by atoms with Gasteiger partial charge in [-0.1, -0.05) is 37.7 Å². The van der Waals surface area contributed by atoms with Gasteiger partial charge in [0.05, 0.1) is 0 Å². The minimum atomic E-state index is -0.259. The molecule has 1 fully saturated rings. The Hall–Kier alpha value is -1.00.